The molecular weight excluding hydrogens is 928 g/mol. The third-order valence-corrected chi connectivity index (χ3v) is 11.6. The Hall–Kier alpha value is -5.75. The fourth-order valence-electron chi connectivity index (χ4n) is 7.79. The molecule has 25 heteroatoms. The van der Waals surface area contributed by atoms with Crippen LogP contribution in [-0.4, -0.2) is 204 Å². The predicted molar refractivity (Wildman–Crippen MR) is 225 cm³/mol. The first-order valence-corrected chi connectivity index (χ1v) is 21.1. The average molecular weight is 981 g/mol. The van der Waals surface area contributed by atoms with Crippen LogP contribution in [0, 0.1) is 0 Å². The second-order valence-corrected chi connectivity index (χ2v) is 16.1. The predicted octanol–water partition coefficient (Wildman–Crippen LogP) is -2.92. The number of methoxy groups -OCH3 is 2. The van der Waals surface area contributed by atoms with Gasteiger partial charge in [-0.15, -0.1) is 0 Å². The van der Waals surface area contributed by atoms with Crippen LogP contribution in [-0.2, 0) is 33.2 Å². The molecule has 3 fully saturated rings. The molecule has 0 aliphatic carbocycles. The van der Waals surface area contributed by atoms with Gasteiger partial charge in [-0.25, -0.2) is 4.79 Å². The van der Waals surface area contributed by atoms with Crippen LogP contribution in [0.3, 0.4) is 0 Å². The van der Waals surface area contributed by atoms with Crippen LogP contribution in [0.5, 0.6) is 46.0 Å². The van der Waals surface area contributed by atoms with E-state index in [2.05, 4.69) is 0 Å². The maximum Gasteiger partial charge on any atom is 0.330 e. The molecule has 14 N–H and O–H groups in total. The van der Waals surface area contributed by atoms with E-state index in [0.717, 1.165) is 30.3 Å². The molecule has 0 saturated carbocycles. The van der Waals surface area contributed by atoms with Crippen molar-refractivity contribution >= 4 is 18.1 Å². The molecule has 7 rings (SSSR count). The van der Waals surface area contributed by atoms with E-state index in [4.69, 9.17) is 47.4 Å². The lowest BCUT2D eigenvalue weighted by Gasteiger charge is -2.46. The molecule has 69 heavy (non-hydrogen) atoms. The molecule has 0 amide bonds. The van der Waals surface area contributed by atoms with E-state index in [0.29, 0.717) is 5.56 Å². The maximum absolute atomic E-state index is 13.0. The lowest BCUT2D eigenvalue weighted by Crippen LogP contribution is -2.64. The largest absolute Gasteiger partial charge is 0.508 e. The van der Waals surface area contributed by atoms with Crippen LogP contribution < -0.4 is 18.9 Å². The summed E-state index contributed by atoms with van der Waals surface area (Å²) in [6, 6.07) is 8.45. The molecule has 25 nitrogen and oxygen atoms in total. The van der Waals surface area contributed by atoms with E-state index < -0.39 is 141 Å². The first-order valence-electron chi connectivity index (χ1n) is 21.1. The summed E-state index contributed by atoms with van der Waals surface area (Å²) in [5, 5.41) is 148. The van der Waals surface area contributed by atoms with Crippen LogP contribution in [0.25, 0.3) is 12.2 Å². The molecule has 1 unspecified atom stereocenters. The molecule has 4 aliphatic heterocycles. The third kappa shape index (κ3) is 10.7. The minimum atomic E-state index is -2.09. The van der Waals surface area contributed by atoms with Gasteiger partial charge in [-0.05, 0) is 42.0 Å². The fraction of sp³-hybridized carbons (Fsp3) is 0.477. The van der Waals surface area contributed by atoms with E-state index in [1.807, 2.05) is 0 Å². The number of aliphatic hydroxyl groups is 10. The zero-order valence-electron chi connectivity index (χ0n) is 36.4. The number of phenols is 4. The van der Waals surface area contributed by atoms with E-state index in [1.165, 1.54) is 44.6 Å². The molecule has 378 valence electrons. The summed E-state index contributed by atoms with van der Waals surface area (Å²) in [4.78, 5) is 13.0. The van der Waals surface area contributed by atoms with Crippen molar-refractivity contribution in [2.24, 2.45) is 0 Å². The van der Waals surface area contributed by atoms with Crippen molar-refractivity contribution < 1.29 is 124 Å². The summed E-state index contributed by atoms with van der Waals surface area (Å²) >= 11 is 0. The van der Waals surface area contributed by atoms with Crippen LogP contribution in [0.2, 0.25) is 0 Å². The molecule has 0 bridgehead atoms. The minimum Gasteiger partial charge on any atom is -0.508 e. The molecule has 3 aromatic carbocycles. The number of ether oxygens (including phenoxy) is 10. The summed E-state index contributed by atoms with van der Waals surface area (Å²) in [6.45, 7) is -2.46. The van der Waals surface area contributed by atoms with E-state index in [1.54, 1.807) is 0 Å². The van der Waals surface area contributed by atoms with Gasteiger partial charge in [0, 0.05) is 23.8 Å². The average Bonchev–Trinajstić information content (AvgIpc) is 3.33. The van der Waals surface area contributed by atoms with Crippen molar-refractivity contribution in [3.63, 3.8) is 0 Å². The second-order valence-electron chi connectivity index (χ2n) is 16.1. The Morgan fingerprint density at radius 3 is 1.84 bits per heavy atom. The number of esters is 1. The van der Waals surface area contributed by atoms with Crippen LogP contribution in [0.4, 0.5) is 0 Å². The lowest BCUT2D eigenvalue weighted by molar-refractivity contribution is -0.364. The Labute approximate surface area is 390 Å². The Kier molecular flexibility index (Phi) is 15.9. The topological polar surface area (TPSA) is 393 Å². The molecule has 0 aromatic heterocycles. The fourth-order valence-corrected chi connectivity index (χ4v) is 7.79. The van der Waals surface area contributed by atoms with Gasteiger partial charge in [0.15, 0.2) is 41.5 Å². The van der Waals surface area contributed by atoms with Gasteiger partial charge in [-0.2, -0.15) is 0 Å². The van der Waals surface area contributed by atoms with Crippen molar-refractivity contribution in [2.75, 3.05) is 34.0 Å². The van der Waals surface area contributed by atoms with Gasteiger partial charge in [-0.1, -0.05) is 6.07 Å². The van der Waals surface area contributed by atoms with Crippen molar-refractivity contribution in [3.8, 4) is 46.0 Å². The number of aromatic hydroxyl groups is 4. The number of aliphatic hydroxyl groups excluding tert-OH is 10. The summed E-state index contributed by atoms with van der Waals surface area (Å²) in [5.41, 5.74) is 0.316. The highest BCUT2D eigenvalue weighted by Gasteiger charge is 2.53. The number of rotatable bonds is 15. The number of fused-ring (bicyclic) bond motifs is 1. The standard InChI is InChI=1S/C44H52O25/c1-60-24-7-16(8-25(61-2)31(24)51)3-6-30(50)62-15-29-34(54)37(57)41(69-43-39(59)36(56)33(53)28(14-46)67-43)44(68-29)65-26-12-19-22(63-40(26)17-4-5-20(48)21(49)9-17)10-18(47)11-23(19)64-42-38(58)35(55)32(52)27(13-45)66-42/h3-12,27-29,32-49,51-59H,13-15H2,1-2H3/b6-3+/t27-,28+,29-,32-,33-,34-,35+,36+,37+,38+,39+,40?,41-,42-,43+,44-/m1/s1. The van der Waals surface area contributed by atoms with Gasteiger partial charge < -0.3 is 119 Å². The van der Waals surface area contributed by atoms with E-state index >= 15 is 0 Å². The highest BCUT2D eigenvalue weighted by molar-refractivity contribution is 5.87. The number of phenolic OH excluding ortho intramolecular Hbond substituents is 4. The van der Waals surface area contributed by atoms with Crippen molar-refractivity contribution in [3.05, 3.63) is 71.0 Å². The first-order chi connectivity index (χ1) is 32.9. The zero-order chi connectivity index (χ0) is 50.0. The lowest BCUT2D eigenvalue weighted by atomic mass is 9.97. The molecule has 0 spiro atoms. The van der Waals surface area contributed by atoms with Gasteiger partial charge >= 0.3 is 5.97 Å². The third-order valence-electron chi connectivity index (χ3n) is 11.6. The highest BCUT2D eigenvalue weighted by Crippen LogP contribution is 2.47. The quantitative estimate of drug-likeness (QED) is 0.0412. The monoisotopic (exact) mass is 980 g/mol. The zero-order valence-corrected chi connectivity index (χ0v) is 36.4. The smallest absolute Gasteiger partial charge is 0.330 e. The molecule has 0 radical (unpaired) electrons. The number of benzene rings is 3. The van der Waals surface area contributed by atoms with Crippen LogP contribution in [0.15, 0.2) is 54.3 Å². The number of hydrogen-bond donors (Lipinski definition) is 14. The summed E-state index contributed by atoms with van der Waals surface area (Å²) in [7, 11) is 2.61. The maximum atomic E-state index is 13.0. The Bertz CT molecular complexity index is 2310. The molecule has 3 saturated heterocycles. The Morgan fingerprint density at radius 1 is 0.638 bits per heavy atom. The highest BCUT2D eigenvalue weighted by atomic mass is 16.8. The molecule has 4 heterocycles. The van der Waals surface area contributed by atoms with Crippen molar-refractivity contribution in [2.45, 2.75) is 98.2 Å². The Morgan fingerprint density at radius 2 is 1.23 bits per heavy atom. The summed E-state index contributed by atoms with van der Waals surface area (Å²) in [6.07, 6.45) is -25.6. The van der Waals surface area contributed by atoms with Gasteiger partial charge in [0.05, 0.1) is 33.0 Å². The normalized spacial score (nSPS) is 33.4. The van der Waals surface area contributed by atoms with Crippen LogP contribution >= 0.6 is 0 Å². The van der Waals surface area contributed by atoms with E-state index in [9.17, 15) is 76.3 Å². The number of hydrogen-bond acceptors (Lipinski definition) is 25. The van der Waals surface area contributed by atoms with Gasteiger partial charge in [0.2, 0.25) is 18.3 Å². The van der Waals surface area contributed by atoms with E-state index in [-0.39, 0.29) is 45.6 Å². The minimum absolute atomic E-state index is 0.0312. The van der Waals surface area contributed by atoms with Crippen LogP contribution in [0.1, 0.15) is 22.8 Å². The first kappa shape index (κ1) is 51.1. The number of carbonyl (C=O) groups excluding carboxylic acids is 1. The SMILES string of the molecule is COc1cc(/C=C/C(=O)OC[C@H]2O[C@@H](OC3=Cc4c(cc(O)cc4O[C@@H]4O[C@H](CO)[C@@H](O)[C@H](O)[C@@H]4O)OC3c3ccc(O)c(O)c3)[C@H](O[C@@H]3O[C@@H](CO)[C@@H](O)[C@H](O)[C@@H]3O)[C@@H](O)[C@@H]2O)cc(OC)c1O. The van der Waals surface area contributed by atoms with Gasteiger partial charge in [0.25, 0.3) is 0 Å². The van der Waals surface area contributed by atoms with Crippen molar-refractivity contribution in [1.82, 2.24) is 0 Å². The Balaban J connectivity index is 1.24. The molecule has 4 aliphatic rings. The van der Waals surface area contributed by atoms with Gasteiger partial charge in [-0.3, -0.25) is 0 Å². The number of carbonyl (C=O) groups is 1. The van der Waals surface area contributed by atoms with Gasteiger partial charge in [0.1, 0.15) is 96.8 Å². The molecular formula is C44H52O25. The molecule has 3 aromatic rings. The summed E-state index contributed by atoms with van der Waals surface area (Å²) < 4.78 is 57.1. The molecule has 16 atom stereocenters. The second kappa shape index (κ2) is 21.5. The van der Waals surface area contributed by atoms with Crippen molar-refractivity contribution in [1.29, 1.82) is 0 Å². The summed E-state index contributed by atoms with van der Waals surface area (Å²) in [5.74, 6) is -3.67.